The summed E-state index contributed by atoms with van der Waals surface area (Å²) in [6.07, 6.45) is 1.41. The summed E-state index contributed by atoms with van der Waals surface area (Å²) in [6, 6.07) is 7.40. The fraction of sp³-hybridized carbons (Fsp3) is 0.438. The fourth-order valence-corrected chi connectivity index (χ4v) is 3.21. The second kappa shape index (κ2) is 6.70. The number of amides is 3. The summed E-state index contributed by atoms with van der Waals surface area (Å²) in [4.78, 5) is 38.8. The van der Waals surface area contributed by atoms with E-state index in [-0.39, 0.29) is 23.7 Å². The van der Waals surface area contributed by atoms with Crippen LogP contribution in [0.4, 0.5) is 5.69 Å². The molecule has 2 fully saturated rings. The van der Waals surface area contributed by atoms with Gasteiger partial charge in [-0.05, 0) is 34.5 Å². The minimum absolute atomic E-state index is 0.0304. The van der Waals surface area contributed by atoms with Gasteiger partial charge in [-0.3, -0.25) is 14.4 Å². The molecule has 1 aliphatic heterocycles. The van der Waals surface area contributed by atoms with Crippen LogP contribution in [0.3, 0.4) is 0 Å². The maximum Gasteiger partial charge on any atom is 0.228 e. The Morgan fingerprint density at radius 1 is 1.13 bits per heavy atom. The van der Waals surface area contributed by atoms with E-state index in [2.05, 4.69) is 21.2 Å². The summed E-state index contributed by atoms with van der Waals surface area (Å²) in [7, 11) is 0. The van der Waals surface area contributed by atoms with E-state index in [1.165, 1.54) is 0 Å². The number of anilines is 1. The van der Waals surface area contributed by atoms with Crippen LogP contribution in [0, 0.1) is 11.8 Å². The number of hydrogen-bond acceptors (Lipinski definition) is 3. The smallest absolute Gasteiger partial charge is 0.228 e. The van der Waals surface area contributed by atoms with Gasteiger partial charge in [-0.25, -0.2) is 0 Å². The number of para-hydroxylation sites is 1. The Morgan fingerprint density at radius 3 is 2.48 bits per heavy atom. The van der Waals surface area contributed by atoms with Crippen LogP contribution < -0.4 is 5.32 Å². The number of carbonyl (C=O) groups is 3. The Kier molecular flexibility index (Phi) is 4.66. The first-order valence-electron chi connectivity index (χ1n) is 7.63. The number of hydrogen-bond donors (Lipinski definition) is 1. The van der Waals surface area contributed by atoms with Crippen molar-refractivity contribution in [2.75, 3.05) is 31.5 Å². The van der Waals surface area contributed by atoms with Crippen LogP contribution in [0.25, 0.3) is 0 Å². The fourth-order valence-electron chi connectivity index (χ4n) is 2.83. The lowest BCUT2D eigenvalue weighted by molar-refractivity contribution is -0.137. The maximum atomic E-state index is 12.4. The lowest BCUT2D eigenvalue weighted by Crippen LogP contribution is -2.48. The number of benzene rings is 1. The second-order valence-electron chi connectivity index (χ2n) is 5.88. The highest BCUT2D eigenvalue weighted by molar-refractivity contribution is 9.10. The van der Waals surface area contributed by atoms with E-state index in [1.807, 2.05) is 24.3 Å². The molecule has 1 saturated carbocycles. The van der Waals surface area contributed by atoms with Crippen LogP contribution in [0.1, 0.15) is 6.42 Å². The SMILES string of the molecule is O=CN1CCN(C(=O)C2CC2C(=O)Nc2ccccc2Br)CC1. The molecule has 2 unspecified atom stereocenters. The van der Waals surface area contributed by atoms with Crippen molar-refractivity contribution in [3.63, 3.8) is 0 Å². The van der Waals surface area contributed by atoms with Crippen LogP contribution in [0.15, 0.2) is 28.7 Å². The monoisotopic (exact) mass is 379 g/mol. The van der Waals surface area contributed by atoms with E-state index in [0.29, 0.717) is 32.6 Å². The molecule has 1 saturated heterocycles. The predicted molar refractivity (Wildman–Crippen MR) is 88.6 cm³/mol. The van der Waals surface area contributed by atoms with Crippen molar-refractivity contribution >= 4 is 39.8 Å². The molecule has 122 valence electrons. The van der Waals surface area contributed by atoms with E-state index in [0.717, 1.165) is 16.6 Å². The number of halogens is 1. The van der Waals surface area contributed by atoms with E-state index in [1.54, 1.807) is 9.80 Å². The van der Waals surface area contributed by atoms with E-state index in [4.69, 9.17) is 0 Å². The molecule has 1 aromatic rings. The molecule has 1 N–H and O–H groups in total. The number of carbonyl (C=O) groups excluding carboxylic acids is 3. The number of piperazine rings is 1. The summed E-state index contributed by atoms with van der Waals surface area (Å²) in [5.74, 6) is -0.552. The highest BCUT2D eigenvalue weighted by Crippen LogP contribution is 2.41. The van der Waals surface area contributed by atoms with E-state index in [9.17, 15) is 14.4 Å². The molecule has 2 atom stereocenters. The first kappa shape index (κ1) is 16.0. The minimum atomic E-state index is -0.251. The van der Waals surface area contributed by atoms with Crippen molar-refractivity contribution < 1.29 is 14.4 Å². The summed E-state index contributed by atoms with van der Waals surface area (Å²) in [5.41, 5.74) is 0.718. The molecule has 3 amide bonds. The molecule has 2 aliphatic rings. The quantitative estimate of drug-likeness (QED) is 0.802. The predicted octanol–water partition coefficient (Wildman–Crippen LogP) is 1.32. The van der Waals surface area contributed by atoms with Gasteiger partial charge in [0.2, 0.25) is 18.2 Å². The van der Waals surface area contributed by atoms with Gasteiger partial charge in [0, 0.05) is 30.7 Å². The second-order valence-corrected chi connectivity index (χ2v) is 6.74. The zero-order valence-electron chi connectivity index (χ0n) is 12.6. The van der Waals surface area contributed by atoms with Gasteiger partial charge in [0.25, 0.3) is 0 Å². The van der Waals surface area contributed by atoms with E-state index >= 15 is 0 Å². The number of rotatable bonds is 4. The molecular weight excluding hydrogens is 362 g/mol. The van der Waals surface area contributed by atoms with Crippen LogP contribution in [-0.2, 0) is 14.4 Å². The van der Waals surface area contributed by atoms with Crippen molar-refractivity contribution in [1.29, 1.82) is 0 Å². The van der Waals surface area contributed by atoms with Gasteiger partial charge < -0.3 is 15.1 Å². The van der Waals surface area contributed by atoms with E-state index < -0.39 is 0 Å². The molecule has 0 bridgehead atoms. The molecule has 0 aromatic heterocycles. The third kappa shape index (κ3) is 3.55. The molecule has 0 radical (unpaired) electrons. The molecule has 1 aliphatic carbocycles. The average molecular weight is 380 g/mol. The first-order valence-corrected chi connectivity index (χ1v) is 8.43. The Hall–Kier alpha value is -1.89. The average Bonchev–Trinajstić information content (AvgIpc) is 3.37. The molecule has 23 heavy (non-hydrogen) atoms. The third-order valence-corrected chi connectivity index (χ3v) is 5.04. The summed E-state index contributed by atoms with van der Waals surface area (Å²) in [6.45, 7) is 2.23. The zero-order valence-corrected chi connectivity index (χ0v) is 14.2. The van der Waals surface area contributed by atoms with Gasteiger partial charge >= 0.3 is 0 Å². The van der Waals surface area contributed by atoms with Gasteiger partial charge in [0.15, 0.2) is 0 Å². The number of nitrogens with one attached hydrogen (secondary N) is 1. The lowest BCUT2D eigenvalue weighted by atomic mass is 10.2. The molecule has 1 heterocycles. The summed E-state index contributed by atoms with van der Waals surface area (Å²) in [5, 5.41) is 2.87. The molecule has 6 nitrogen and oxygen atoms in total. The molecular formula is C16H18BrN3O3. The lowest BCUT2D eigenvalue weighted by Gasteiger charge is -2.32. The summed E-state index contributed by atoms with van der Waals surface area (Å²) < 4.78 is 0.821. The Bertz CT molecular complexity index is 629. The molecule has 7 heteroatoms. The highest BCUT2D eigenvalue weighted by Gasteiger charge is 2.49. The van der Waals surface area contributed by atoms with Crippen molar-refractivity contribution in [1.82, 2.24) is 9.80 Å². The van der Waals surface area contributed by atoms with Gasteiger partial charge in [-0.15, -0.1) is 0 Å². The minimum Gasteiger partial charge on any atom is -0.342 e. The van der Waals surface area contributed by atoms with Crippen molar-refractivity contribution in [2.24, 2.45) is 11.8 Å². The topological polar surface area (TPSA) is 69.7 Å². The van der Waals surface area contributed by atoms with Gasteiger partial charge in [0.05, 0.1) is 17.5 Å². The van der Waals surface area contributed by atoms with Gasteiger partial charge in [-0.1, -0.05) is 12.1 Å². The molecule has 3 rings (SSSR count). The maximum absolute atomic E-state index is 12.4. The van der Waals surface area contributed by atoms with Crippen molar-refractivity contribution in [2.45, 2.75) is 6.42 Å². The Balaban J connectivity index is 1.53. The first-order chi connectivity index (χ1) is 11.1. The standard InChI is InChI=1S/C16H18BrN3O3/c17-13-3-1-2-4-14(13)18-15(22)11-9-12(11)16(23)20-7-5-19(10-21)6-8-20/h1-4,10-12H,5-9H2,(H,18,22). The van der Waals surface area contributed by atoms with Crippen LogP contribution in [0.2, 0.25) is 0 Å². The van der Waals surface area contributed by atoms with Gasteiger partial charge in [-0.2, -0.15) is 0 Å². The Labute approximate surface area is 142 Å². The normalized spacial score (nSPS) is 23.3. The van der Waals surface area contributed by atoms with Crippen molar-refractivity contribution in [3.05, 3.63) is 28.7 Å². The van der Waals surface area contributed by atoms with Gasteiger partial charge in [0.1, 0.15) is 0 Å². The third-order valence-electron chi connectivity index (χ3n) is 4.35. The molecule has 1 aromatic carbocycles. The molecule has 0 spiro atoms. The largest absolute Gasteiger partial charge is 0.342 e. The number of nitrogens with zero attached hydrogens (tertiary/aromatic N) is 2. The Morgan fingerprint density at radius 2 is 1.83 bits per heavy atom. The van der Waals surface area contributed by atoms with Crippen LogP contribution >= 0.6 is 15.9 Å². The van der Waals surface area contributed by atoms with Crippen LogP contribution in [0.5, 0.6) is 0 Å². The van der Waals surface area contributed by atoms with Crippen molar-refractivity contribution in [3.8, 4) is 0 Å². The summed E-state index contributed by atoms with van der Waals surface area (Å²) >= 11 is 3.39. The highest BCUT2D eigenvalue weighted by atomic mass is 79.9. The van der Waals surface area contributed by atoms with Crippen LogP contribution in [-0.4, -0.2) is 54.2 Å². The zero-order chi connectivity index (χ0) is 16.4.